The average molecular weight is 298 g/mol. The van der Waals surface area contributed by atoms with Crippen molar-refractivity contribution in [3.05, 3.63) is 24.0 Å². The van der Waals surface area contributed by atoms with Gasteiger partial charge in [0, 0.05) is 6.42 Å². The van der Waals surface area contributed by atoms with E-state index in [1.54, 1.807) is 0 Å². The highest BCUT2D eigenvalue weighted by atomic mass is 32.2. The summed E-state index contributed by atoms with van der Waals surface area (Å²) in [6.07, 6.45) is 5.08. The quantitative estimate of drug-likeness (QED) is 0.534. The summed E-state index contributed by atoms with van der Waals surface area (Å²) in [6.45, 7) is 2.19. The third kappa shape index (κ3) is 6.80. The Balaban J connectivity index is 2.17. The second-order valence-corrected chi connectivity index (χ2v) is 5.93. The van der Waals surface area contributed by atoms with Gasteiger partial charge in [0.05, 0.1) is 11.4 Å². The number of hydrogen-bond acceptors (Lipinski definition) is 3. The first kappa shape index (κ1) is 16.8. The Kier molecular flexibility index (Phi) is 8.11. The van der Waals surface area contributed by atoms with Crippen LogP contribution in [-0.2, 0) is 4.79 Å². The Hall–Kier alpha value is -1.23. The van der Waals surface area contributed by atoms with Crippen molar-refractivity contribution in [1.29, 1.82) is 0 Å². The lowest BCUT2D eigenvalue weighted by molar-refractivity contribution is -0.116. The van der Waals surface area contributed by atoms with Crippen LogP contribution in [0.2, 0.25) is 0 Å². The summed E-state index contributed by atoms with van der Waals surface area (Å²) in [5, 5.41) is 2.71. The molecule has 1 aromatic rings. The van der Waals surface area contributed by atoms with Crippen molar-refractivity contribution in [3.63, 3.8) is 0 Å². The average Bonchev–Trinajstić information content (AvgIpc) is 2.41. The third-order valence-corrected chi connectivity index (χ3v) is 4.03. The van der Waals surface area contributed by atoms with Crippen molar-refractivity contribution in [3.8, 4) is 0 Å². The molecular weight excluding hydrogens is 275 g/mol. The van der Waals surface area contributed by atoms with Crippen LogP contribution in [0, 0.1) is 5.82 Å². The van der Waals surface area contributed by atoms with Crippen LogP contribution in [0.1, 0.15) is 39.0 Å². The molecule has 0 fully saturated rings. The van der Waals surface area contributed by atoms with Crippen molar-refractivity contribution in [2.45, 2.75) is 39.0 Å². The summed E-state index contributed by atoms with van der Waals surface area (Å²) < 4.78 is 12.9. The van der Waals surface area contributed by atoms with Crippen LogP contribution < -0.4 is 11.1 Å². The number of nitrogens with one attached hydrogen (secondary N) is 1. The molecule has 0 bridgehead atoms. The van der Waals surface area contributed by atoms with E-state index in [1.807, 2.05) is 11.8 Å². The normalized spacial score (nSPS) is 10.5. The number of nitrogen functional groups attached to an aromatic ring is 1. The smallest absolute Gasteiger partial charge is 0.224 e. The van der Waals surface area contributed by atoms with E-state index in [2.05, 4.69) is 12.2 Å². The largest absolute Gasteiger partial charge is 0.397 e. The summed E-state index contributed by atoms with van der Waals surface area (Å²) in [5.74, 6) is 1.69. The number of hydrogen-bond donors (Lipinski definition) is 2. The second-order valence-electron chi connectivity index (χ2n) is 4.70. The number of halogens is 1. The van der Waals surface area contributed by atoms with Crippen LogP contribution in [-0.4, -0.2) is 17.4 Å². The van der Waals surface area contributed by atoms with Crippen LogP contribution >= 0.6 is 11.8 Å². The molecular formula is C15H23FN2OS. The van der Waals surface area contributed by atoms with Gasteiger partial charge in [-0.2, -0.15) is 11.8 Å². The Morgan fingerprint density at radius 3 is 2.75 bits per heavy atom. The van der Waals surface area contributed by atoms with Crippen LogP contribution in [0.4, 0.5) is 15.8 Å². The van der Waals surface area contributed by atoms with Crippen molar-refractivity contribution in [2.24, 2.45) is 0 Å². The lowest BCUT2D eigenvalue weighted by Crippen LogP contribution is -2.13. The van der Waals surface area contributed by atoms with Crippen LogP contribution in [0.15, 0.2) is 18.2 Å². The number of carbonyl (C=O) groups excluding carboxylic acids is 1. The van der Waals surface area contributed by atoms with Gasteiger partial charge in [0.15, 0.2) is 0 Å². The maximum Gasteiger partial charge on any atom is 0.224 e. The van der Waals surface area contributed by atoms with E-state index in [9.17, 15) is 9.18 Å². The maximum atomic E-state index is 12.9. The zero-order valence-corrected chi connectivity index (χ0v) is 12.8. The van der Waals surface area contributed by atoms with Gasteiger partial charge in [0.2, 0.25) is 5.91 Å². The van der Waals surface area contributed by atoms with Crippen molar-refractivity contribution < 1.29 is 9.18 Å². The molecule has 5 heteroatoms. The van der Waals surface area contributed by atoms with Crippen molar-refractivity contribution in [1.82, 2.24) is 0 Å². The van der Waals surface area contributed by atoms with Gasteiger partial charge in [-0.15, -0.1) is 0 Å². The SMILES string of the molecule is CCCCCSCCCC(=O)Nc1ccc(F)cc1N. The second kappa shape index (κ2) is 9.64. The molecule has 0 saturated carbocycles. The fraction of sp³-hybridized carbons (Fsp3) is 0.533. The lowest BCUT2D eigenvalue weighted by atomic mass is 10.2. The number of rotatable bonds is 9. The number of amides is 1. The van der Waals surface area contributed by atoms with Gasteiger partial charge >= 0.3 is 0 Å². The standard InChI is InChI=1S/C15H23FN2OS/c1-2-3-4-9-20-10-5-6-15(19)18-14-8-7-12(16)11-13(14)17/h7-8,11H,2-6,9-10,17H2,1H3,(H,18,19). The minimum absolute atomic E-state index is 0.0718. The van der Waals surface area contributed by atoms with Gasteiger partial charge in [-0.3, -0.25) is 4.79 Å². The zero-order chi connectivity index (χ0) is 14.8. The third-order valence-electron chi connectivity index (χ3n) is 2.87. The number of benzene rings is 1. The number of nitrogens with two attached hydrogens (primary N) is 1. The molecule has 3 N–H and O–H groups in total. The number of thioether (sulfide) groups is 1. The van der Waals surface area contributed by atoms with E-state index in [0.717, 1.165) is 12.2 Å². The van der Waals surface area contributed by atoms with E-state index in [4.69, 9.17) is 5.73 Å². The molecule has 20 heavy (non-hydrogen) atoms. The molecule has 0 radical (unpaired) electrons. The Labute approximate surface area is 124 Å². The minimum atomic E-state index is -0.399. The Morgan fingerprint density at radius 1 is 1.30 bits per heavy atom. The Morgan fingerprint density at radius 2 is 2.05 bits per heavy atom. The maximum absolute atomic E-state index is 12.9. The van der Waals surface area contributed by atoms with E-state index < -0.39 is 5.82 Å². The molecule has 1 amide bonds. The molecule has 112 valence electrons. The zero-order valence-electron chi connectivity index (χ0n) is 12.0. The highest BCUT2D eigenvalue weighted by molar-refractivity contribution is 7.99. The fourth-order valence-corrected chi connectivity index (χ4v) is 2.71. The van der Waals surface area contributed by atoms with Gasteiger partial charge in [-0.25, -0.2) is 4.39 Å². The minimum Gasteiger partial charge on any atom is -0.397 e. The molecule has 0 saturated heterocycles. The van der Waals surface area contributed by atoms with Crippen LogP contribution in [0.25, 0.3) is 0 Å². The van der Waals surface area contributed by atoms with Gasteiger partial charge in [-0.1, -0.05) is 19.8 Å². The van der Waals surface area contributed by atoms with Crippen LogP contribution in [0.5, 0.6) is 0 Å². The first-order valence-electron chi connectivity index (χ1n) is 7.06. The summed E-state index contributed by atoms with van der Waals surface area (Å²) >= 11 is 1.89. The van der Waals surface area contributed by atoms with Crippen molar-refractivity contribution in [2.75, 3.05) is 22.6 Å². The fourth-order valence-electron chi connectivity index (χ4n) is 1.75. The monoisotopic (exact) mass is 298 g/mol. The van der Waals surface area contributed by atoms with Crippen molar-refractivity contribution >= 4 is 29.0 Å². The van der Waals surface area contributed by atoms with E-state index in [1.165, 1.54) is 43.2 Å². The predicted octanol–water partition coefficient (Wildman–Crippen LogP) is 4.05. The molecule has 0 aliphatic heterocycles. The first-order valence-corrected chi connectivity index (χ1v) is 8.21. The molecule has 0 aliphatic rings. The number of unbranched alkanes of at least 4 members (excludes halogenated alkanes) is 2. The van der Waals surface area contributed by atoms with Gasteiger partial charge in [0.1, 0.15) is 5.82 Å². The molecule has 3 nitrogen and oxygen atoms in total. The van der Waals surface area contributed by atoms with E-state index in [-0.39, 0.29) is 11.6 Å². The summed E-state index contributed by atoms with van der Waals surface area (Å²) in [6, 6.07) is 3.98. The molecule has 1 rings (SSSR count). The highest BCUT2D eigenvalue weighted by Gasteiger charge is 2.05. The van der Waals surface area contributed by atoms with Crippen LogP contribution in [0.3, 0.4) is 0 Å². The number of anilines is 2. The summed E-state index contributed by atoms with van der Waals surface area (Å²) in [4.78, 5) is 11.7. The van der Waals surface area contributed by atoms with Gasteiger partial charge in [0.25, 0.3) is 0 Å². The predicted molar refractivity (Wildman–Crippen MR) is 85.5 cm³/mol. The van der Waals surface area contributed by atoms with Gasteiger partial charge in [-0.05, 0) is 42.5 Å². The Bertz CT molecular complexity index is 426. The molecule has 0 heterocycles. The molecule has 0 unspecified atom stereocenters. The molecule has 0 aliphatic carbocycles. The molecule has 0 atom stereocenters. The molecule has 0 aromatic heterocycles. The highest BCUT2D eigenvalue weighted by Crippen LogP contribution is 2.19. The van der Waals surface area contributed by atoms with Gasteiger partial charge < -0.3 is 11.1 Å². The van der Waals surface area contributed by atoms with E-state index in [0.29, 0.717) is 12.1 Å². The number of carbonyl (C=O) groups is 1. The topological polar surface area (TPSA) is 55.1 Å². The summed E-state index contributed by atoms with van der Waals surface area (Å²) in [5.41, 5.74) is 6.37. The van der Waals surface area contributed by atoms with E-state index >= 15 is 0 Å². The lowest BCUT2D eigenvalue weighted by Gasteiger charge is -2.08. The first-order chi connectivity index (χ1) is 9.63. The molecule has 0 spiro atoms. The molecule has 1 aromatic carbocycles. The summed E-state index contributed by atoms with van der Waals surface area (Å²) in [7, 11) is 0.